The third-order valence-corrected chi connectivity index (χ3v) is 4.37. The molecule has 0 saturated heterocycles. The Hall–Kier alpha value is -2.07. The highest BCUT2D eigenvalue weighted by atomic mass is 32.1. The number of rotatable bonds is 9. The van der Waals surface area contributed by atoms with Crippen LogP contribution in [0, 0.1) is 0 Å². The molecule has 0 N–H and O–H groups in total. The van der Waals surface area contributed by atoms with Crippen LogP contribution in [0.2, 0.25) is 0 Å². The summed E-state index contributed by atoms with van der Waals surface area (Å²) in [6.45, 7) is 7.58. The molecule has 0 atom stereocenters. The van der Waals surface area contributed by atoms with Gasteiger partial charge in [0.25, 0.3) is 0 Å². The lowest BCUT2D eigenvalue weighted by Gasteiger charge is -2.20. The maximum absolute atomic E-state index is 12.5. The lowest BCUT2D eigenvalue weighted by molar-refractivity contribution is -0.131. The fraction of sp³-hybridized carbons (Fsp3) is 0.316. The summed E-state index contributed by atoms with van der Waals surface area (Å²) in [7, 11) is 0. The number of carbonyl (C=O) groups is 1. The molecule has 1 amide bonds. The Morgan fingerprint density at radius 1 is 1.30 bits per heavy atom. The van der Waals surface area contributed by atoms with E-state index in [-0.39, 0.29) is 5.91 Å². The minimum Gasteiger partial charge on any atom is -0.494 e. The van der Waals surface area contributed by atoms with Crippen molar-refractivity contribution in [2.24, 2.45) is 0 Å². The van der Waals surface area contributed by atoms with E-state index in [9.17, 15) is 4.79 Å². The van der Waals surface area contributed by atoms with Crippen LogP contribution < -0.4 is 4.74 Å². The van der Waals surface area contributed by atoms with Crippen molar-refractivity contribution in [3.63, 3.8) is 0 Å². The SMILES string of the molecule is C=CCN(Cc1cccs1)C(=O)CCc1ccccc1OCC. The van der Waals surface area contributed by atoms with Crippen molar-refractivity contribution >= 4 is 17.2 Å². The number of carbonyl (C=O) groups excluding carboxylic acids is 1. The number of amides is 1. The van der Waals surface area contributed by atoms with Crippen LogP contribution in [0.15, 0.2) is 54.4 Å². The summed E-state index contributed by atoms with van der Waals surface area (Å²) in [6.07, 6.45) is 2.94. The van der Waals surface area contributed by atoms with E-state index in [1.54, 1.807) is 17.4 Å². The maximum Gasteiger partial charge on any atom is 0.223 e. The number of hydrogen-bond acceptors (Lipinski definition) is 3. The molecule has 1 heterocycles. The Kier molecular flexibility index (Phi) is 6.88. The number of thiophene rings is 1. The zero-order valence-corrected chi connectivity index (χ0v) is 14.3. The molecule has 0 aliphatic heterocycles. The van der Waals surface area contributed by atoms with Crippen molar-refractivity contribution in [1.29, 1.82) is 0 Å². The summed E-state index contributed by atoms with van der Waals surface area (Å²) in [5, 5.41) is 2.03. The molecule has 0 unspecified atom stereocenters. The topological polar surface area (TPSA) is 29.5 Å². The van der Waals surface area contributed by atoms with Gasteiger partial charge in [-0.15, -0.1) is 17.9 Å². The van der Waals surface area contributed by atoms with Gasteiger partial charge in [0, 0.05) is 17.8 Å². The summed E-state index contributed by atoms with van der Waals surface area (Å²) >= 11 is 1.67. The summed E-state index contributed by atoms with van der Waals surface area (Å²) in [4.78, 5) is 15.6. The van der Waals surface area contributed by atoms with E-state index in [0.717, 1.165) is 11.3 Å². The first-order valence-electron chi connectivity index (χ1n) is 7.86. The molecule has 0 aliphatic rings. The zero-order valence-electron chi connectivity index (χ0n) is 13.5. The van der Waals surface area contributed by atoms with Crippen molar-refractivity contribution in [2.45, 2.75) is 26.3 Å². The van der Waals surface area contributed by atoms with Gasteiger partial charge in [-0.1, -0.05) is 30.3 Å². The second-order valence-electron chi connectivity index (χ2n) is 5.18. The number of aryl methyl sites for hydroxylation is 1. The van der Waals surface area contributed by atoms with Gasteiger partial charge in [-0.3, -0.25) is 4.79 Å². The van der Waals surface area contributed by atoms with Gasteiger partial charge in [0.05, 0.1) is 13.2 Å². The number of nitrogens with zero attached hydrogens (tertiary/aromatic N) is 1. The minimum absolute atomic E-state index is 0.143. The van der Waals surface area contributed by atoms with Crippen molar-refractivity contribution in [2.75, 3.05) is 13.2 Å². The average Bonchev–Trinajstić information content (AvgIpc) is 3.07. The predicted octanol–water partition coefficient (Wildman–Crippen LogP) is 4.29. The minimum atomic E-state index is 0.143. The van der Waals surface area contributed by atoms with Crippen LogP contribution in [-0.2, 0) is 17.8 Å². The third kappa shape index (κ3) is 5.25. The van der Waals surface area contributed by atoms with E-state index >= 15 is 0 Å². The Bertz CT molecular complexity index is 622. The van der Waals surface area contributed by atoms with Gasteiger partial charge in [-0.2, -0.15) is 0 Å². The Morgan fingerprint density at radius 2 is 2.13 bits per heavy atom. The maximum atomic E-state index is 12.5. The molecule has 0 saturated carbocycles. The Morgan fingerprint density at radius 3 is 2.83 bits per heavy atom. The van der Waals surface area contributed by atoms with Gasteiger partial charge in [-0.25, -0.2) is 0 Å². The lowest BCUT2D eigenvalue weighted by Crippen LogP contribution is -2.30. The van der Waals surface area contributed by atoms with Gasteiger partial charge in [0.2, 0.25) is 5.91 Å². The molecular weight excluding hydrogens is 306 g/mol. The highest BCUT2D eigenvalue weighted by molar-refractivity contribution is 7.09. The molecule has 0 fully saturated rings. The second kappa shape index (κ2) is 9.16. The van der Waals surface area contributed by atoms with Crippen LogP contribution >= 0.6 is 11.3 Å². The highest BCUT2D eigenvalue weighted by Gasteiger charge is 2.14. The van der Waals surface area contributed by atoms with Crippen LogP contribution in [-0.4, -0.2) is 24.0 Å². The van der Waals surface area contributed by atoms with Crippen LogP contribution in [0.1, 0.15) is 23.8 Å². The summed E-state index contributed by atoms with van der Waals surface area (Å²) < 4.78 is 5.62. The largest absolute Gasteiger partial charge is 0.494 e. The van der Waals surface area contributed by atoms with E-state index in [0.29, 0.717) is 32.5 Å². The molecule has 1 aromatic heterocycles. The first kappa shape index (κ1) is 17.3. The summed E-state index contributed by atoms with van der Waals surface area (Å²) in [5.41, 5.74) is 1.08. The van der Waals surface area contributed by atoms with Gasteiger partial charge in [0.1, 0.15) is 5.75 Å². The number of benzene rings is 1. The smallest absolute Gasteiger partial charge is 0.223 e. The molecule has 0 aliphatic carbocycles. The fourth-order valence-corrected chi connectivity index (χ4v) is 3.13. The summed E-state index contributed by atoms with van der Waals surface area (Å²) in [5.74, 6) is 1.01. The van der Waals surface area contributed by atoms with Crippen LogP contribution in [0.3, 0.4) is 0 Å². The molecular formula is C19H23NO2S. The van der Waals surface area contributed by atoms with Crippen LogP contribution in [0.5, 0.6) is 5.75 Å². The van der Waals surface area contributed by atoms with E-state index in [2.05, 4.69) is 12.6 Å². The summed E-state index contributed by atoms with van der Waals surface area (Å²) in [6, 6.07) is 12.0. The van der Waals surface area contributed by atoms with Gasteiger partial charge >= 0.3 is 0 Å². The lowest BCUT2D eigenvalue weighted by atomic mass is 10.1. The first-order chi connectivity index (χ1) is 11.2. The molecule has 0 radical (unpaired) electrons. The van der Waals surface area contributed by atoms with Gasteiger partial charge in [0.15, 0.2) is 0 Å². The van der Waals surface area contributed by atoms with Crippen LogP contribution in [0.4, 0.5) is 0 Å². The standard InChI is InChI=1S/C19H23NO2S/c1-3-13-20(15-17-9-7-14-23-17)19(21)12-11-16-8-5-6-10-18(16)22-4-2/h3,5-10,14H,1,4,11-13,15H2,2H3. The average molecular weight is 329 g/mol. The molecule has 0 spiro atoms. The van der Waals surface area contributed by atoms with Gasteiger partial charge in [-0.05, 0) is 36.4 Å². The van der Waals surface area contributed by atoms with E-state index in [4.69, 9.17) is 4.74 Å². The molecule has 0 bridgehead atoms. The van der Waals surface area contributed by atoms with E-state index < -0.39 is 0 Å². The molecule has 2 aromatic rings. The highest BCUT2D eigenvalue weighted by Crippen LogP contribution is 2.20. The van der Waals surface area contributed by atoms with Crippen molar-refractivity contribution in [3.8, 4) is 5.75 Å². The predicted molar refractivity (Wildman–Crippen MR) is 95.9 cm³/mol. The zero-order chi connectivity index (χ0) is 16.5. The molecule has 2 rings (SSSR count). The van der Waals surface area contributed by atoms with Crippen molar-refractivity contribution in [1.82, 2.24) is 4.90 Å². The number of para-hydroxylation sites is 1. The van der Waals surface area contributed by atoms with Gasteiger partial charge < -0.3 is 9.64 Å². The molecule has 1 aromatic carbocycles. The van der Waals surface area contributed by atoms with Crippen molar-refractivity contribution < 1.29 is 9.53 Å². The van der Waals surface area contributed by atoms with Crippen molar-refractivity contribution in [3.05, 3.63) is 64.9 Å². The van der Waals surface area contributed by atoms with Crippen LogP contribution in [0.25, 0.3) is 0 Å². The molecule has 122 valence electrons. The molecule has 23 heavy (non-hydrogen) atoms. The number of ether oxygens (including phenoxy) is 1. The number of hydrogen-bond donors (Lipinski definition) is 0. The second-order valence-corrected chi connectivity index (χ2v) is 6.22. The first-order valence-corrected chi connectivity index (χ1v) is 8.74. The normalized spacial score (nSPS) is 10.3. The fourth-order valence-electron chi connectivity index (χ4n) is 2.41. The monoisotopic (exact) mass is 329 g/mol. The Labute approximate surface area is 142 Å². The molecule has 3 nitrogen and oxygen atoms in total. The molecule has 4 heteroatoms. The Balaban J connectivity index is 1.97. The van der Waals surface area contributed by atoms with E-state index in [1.165, 1.54) is 4.88 Å². The van der Waals surface area contributed by atoms with E-state index in [1.807, 2.05) is 47.5 Å². The third-order valence-electron chi connectivity index (χ3n) is 3.51. The quantitative estimate of drug-likeness (QED) is 0.642.